The summed E-state index contributed by atoms with van der Waals surface area (Å²) < 4.78 is 0. The van der Waals surface area contributed by atoms with Gasteiger partial charge in [-0.25, -0.2) is 0 Å². The van der Waals surface area contributed by atoms with Gasteiger partial charge in [-0.3, -0.25) is 9.59 Å². The van der Waals surface area contributed by atoms with Crippen molar-refractivity contribution < 1.29 is 14.7 Å². The molecule has 2 aliphatic rings. The van der Waals surface area contributed by atoms with E-state index in [1.54, 1.807) is 4.90 Å². The molecule has 3 N–H and O–H groups in total. The minimum atomic E-state index is -0.433. The first-order chi connectivity index (χ1) is 10.1. The molecule has 3 unspecified atom stereocenters. The van der Waals surface area contributed by atoms with Crippen LogP contribution in [0, 0.1) is 5.92 Å². The van der Waals surface area contributed by atoms with Crippen LogP contribution < -0.4 is 10.6 Å². The lowest BCUT2D eigenvalue weighted by Gasteiger charge is -2.33. The van der Waals surface area contributed by atoms with Gasteiger partial charge in [0.1, 0.15) is 0 Å². The number of amides is 2. The smallest absolute Gasteiger partial charge is 0.239 e. The van der Waals surface area contributed by atoms with Gasteiger partial charge in [0.25, 0.3) is 0 Å². The van der Waals surface area contributed by atoms with E-state index in [1.165, 1.54) is 0 Å². The zero-order valence-corrected chi connectivity index (χ0v) is 14.0. The summed E-state index contributed by atoms with van der Waals surface area (Å²) in [5, 5.41) is 15.5. The van der Waals surface area contributed by atoms with E-state index < -0.39 is 6.10 Å². The summed E-state index contributed by atoms with van der Waals surface area (Å²) in [6.07, 6.45) is 3.81. The maximum absolute atomic E-state index is 12.4. The monoisotopic (exact) mass is 333 g/mol. The molecule has 2 amide bonds. The lowest BCUT2D eigenvalue weighted by atomic mass is 9.96. The number of nitrogens with one attached hydrogen (secondary N) is 2. The van der Waals surface area contributed by atoms with Crippen LogP contribution in [0.3, 0.4) is 0 Å². The highest BCUT2D eigenvalue weighted by Gasteiger charge is 2.34. The Morgan fingerprint density at radius 2 is 2.18 bits per heavy atom. The summed E-state index contributed by atoms with van der Waals surface area (Å²) in [6.45, 7) is 4.51. The SMILES string of the molecule is CCCCNC(=O)C1CCCN(C(=O)C2CC(O)CN2)C1.Cl. The number of piperidine rings is 1. The van der Waals surface area contributed by atoms with Crippen LogP contribution in [-0.2, 0) is 9.59 Å². The number of likely N-dealkylation sites (tertiary alicyclic amines) is 1. The van der Waals surface area contributed by atoms with Gasteiger partial charge >= 0.3 is 0 Å². The van der Waals surface area contributed by atoms with Crippen molar-refractivity contribution in [2.24, 2.45) is 5.92 Å². The van der Waals surface area contributed by atoms with Crippen molar-refractivity contribution in [2.75, 3.05) is 26.2 Å². The predicted molar refractivity (Wildman–Crippen MR) is 86.9 cm³/mol. The zero-order valence-electron chi connectivity index (χ0n) is 13.2. The van der Waals surface area contributed by atoms with E-state index in [2.05, 4.69) is 17.6 Å². The molecular formula is C15H28ClN3O3. The van der Waals surface area contributed by atoms with Gasteiger partial charge in [-0.2, -0.15) is 0 Å². The fourth-order valence-electron chi connectivity index (χ4n) is 3.05. The average molecular weight is 334 g/mol. The Morgan fingerprint density at radius 3 is 2.82 bits per heavy atom. The zero-order chi connectivity index (χ0) is 15.2. The largest absolute Gasteiger partial charge is 0.392 e. The van der Waals surface area contributed by atoms with E-state index in [4.69, 9.17) is 0 Å². The van der Waals surface area contributed by atoms with Crippen molar-refractivity contribution in [3.05, 3.63) is 0 Å². The molecule has 0 aliphatic carbocycles. The quantitative estimate of drug-likeness (QED) is 0.631. The third kappa shape index (κ3) is 5.11. The molecule has 7 heteroatoms. The highest BCUT2D eigenvalue weighted by atomic mass is 35.5. The molecule has 2 aliphatic heterocycles. The van der Waals surface area contributed by atoms with E-state index >= 15 is 0 Å². The molecule has 2 saturated heterocycles. The standard InChI is InChI=1S/C15H27N3O3.ClH/c1-2-3-6-16-14(20)11-5-4-7-18(10-11)15(21)13-8-12(19)9-17-13;/h11-13,17,19H,2-10H2,1H3,(H,16,20);1H. The van der Waals surface area contributed by atoms with Gasteiger partial charge in [-0.05, 0) is 25.7 Å². The Balaban J connectivity index is 0.00000242. The van der Waals surface area contributed by atoms with Crippen LogP contribution >= 0.6 is 12.4 Å². The molecule has 0 bridgehead atoms. The van der Waals surface area contributed by atoms with Crippen molar-refractivity contribution in [3.8, 4) is 0 Å². The summed E-state index contributed by atoms with van der Waals surface area (Å²) in [6, 6.07) is -0.290. The maximum Gasteiger partial charge on any atom is 0.239 e. The van der Waals surface area contributed by atoms with Crippen LogP contribution in [0.15, 0.2) is 0 Å². The third-order valence-electron chi connectivity index (χ3n) is 4.34. The molecule has 0 radical (unpaired) electrons. The number of nitrogens with zero attached hydrogens (tertiary/aromatic N) is 1. The lowest BCUT2D eigenvalue weighted by Crippen LogP contribution is -2.50. The Labute approximate surface area is 138 Å². The maximum atomic E-state index is 12.4. The van der Waals surface area contributed by atoms with Gasteiger partial charge < -0.3 is 20.6 Å². The normalized spacial score (nSPS) is 28.1. The Hall–Kier alpha value is -0.850. The number of aliphatic hydroxyl groups is 1. The highest BCUT2D eigenvalue weighted by molar-refractivity contribution is 5.85. The Kier molecular flexibility index (Phi) is 8.14. The van der Waals surface area contributed by atoms with Crippen molar-refractivity contribution in [3.63, 3.8) is 0 Å². The molecule has 22 heavy (non-hydrogen) atoms. The summed E-state index contributed by atoms with van der Waals surface area (Å²) in [7, 11) is 0. The van der Waals surface area contributed by atoms with Crippen molar-refractivity contribution >= 4 is 24.2 Å². The molecular weight excluding hydrogens is 306 g/mol. The molecule has 2 fully saturated rings. The molecule has 0 aromatic carbocycles. The number of carbonyl (C=O) groups is 2. The number of unbranched alkanes of at least 4 members (excludes halogenated alkanes) is 1. The Morgan fingerprint density at radius 1 is 1.41 bits per heavy atom. The van der Waals surface area contributed by atoms with Crippen LogP contribution in [0.4, 0.5) is 0 Å². The topological polar surface area (TPSA) is 81.7 Å². The van der Waals surface area contributed by atoms with Gasteiger partial charge in [0.2, 0.25) is 11.8 Å². The number of halogens is 1. The number of hydrogen-bond acceptors (Lipinski definition) is 4. The predicted octanol–water partition coefficient (Wildman–Crippen LogP) is 0.286. The first kappa shape index (κ1) is 19.2. The summed E-state index contributed by atoms with van der Waals surface area (Å²) in [5.41, 5.74) is 0. The molecule has 2 rings (SSSR count). The number of rotatable bonds is 5. The second-order valence-corrected chi connectivity index (χ2v) is 6.12. The van der Waals surface area contributed by atoms with Gasteiger partial charge in [0.15, 0.2) is 0 Å². The van der Waals surface area contributed by atoms with Gasteiger partial charge in [0.05, 0.1) is 18.1 Å². The molecule has 0 saturated carbocycles. The summed E-state index contributed by atoms with van der Waals surface area (Å²) in [4.78, 5) is 26.3. The van der Waals surface area contributed by atoms with Crippen LogP contribution in [0.2, 0.25) is 0 Å². The molecule has 2 heterocycles. The van der Waals surface area contributed by atoms with Crippen LogP contribution in [0.1, 0.15) is 39.0 Å². The van der Waals surface area contributed by atoms with E-state index in [9.17, 15) is 14.7 Å². The number of β-amino-alcohol motifs (C(OH)–C–C–N with tert-alkyl or cyclic N) is 1. The minimum Gasteiger partial charge on any atom is -0.392 e. The fourth-order valence-corrected chi connectivity index (χ4v) is 3.05. The number of aliphatic hydroxyl groups excluding tert-OH is 1. The molecule has 128 valence electrons. The molecule has 0 spiro atoms. The number of carbonyl (C=O) groups excluding carboxylic acids is 2. The van der Waals surface area contributed by atoms with Gasteiger partial charge in [-0.15, -0.1) is 12.4 Å². The van der Waals surface area contributed by atoms with Gasteiger partial charge in [-0.1, -0.05) is 13.3 Å². The highest BCUT2D eigenvalue weighted by Crippen LogP contribution is 2.19. The van der Waals surface area contributed by atoms with E-state index in [0.29, 0.717) is 26.1 Å². The Bertz CT molecular complexity index is 381. The van der Waals surface area contributed by atoms with Crippen molar-refractivity contribution in [1.82, 2.24) is 15.5 Å². The van der Waals surface area contributed by atoms with Gasteiger partial charge in [0, 0.05) is 26.2 Å². The van der Waals surface area contributed by atoms with E-state index in [0.717, 1.165) is 32.2 Å². The fraction of sp³-hybridized carbons (Fsp3) is 0.867. The van der Waals surface area contributed by atoms with Crippen LogP contribution in [0.5, 0.6) is 0 Å². The summed E-state index contributed by atoms with van der Waals surface area (Å²) in [5.74, 6) is 0.00357. The molecule has 0 aromatic heterocycles. The molecule has 0 aromatic rings. The number of hydrogen-bond donors (Lipinski definition) is 3. The van der Waals surface area contributed by atoms with Crippen molar-refractivity contribution in [1.29, 1.82) is 0 Å². The minimum absolute atomic E-state index is 0. The summed E-state index contributed by atoms with van der Waals surface area (Å²) >= 11 is 0. The third-order valence-corrected chi connectivity index (χ3v) is 4.34. The van der Waals surface area contributed by atoms with E-state index in [-0.39, 0.29) is 36.2 Å². The van der Waals surface area contributed by atoms with Crippen molar-refractivity contribution in [2.45, 2.75) is 51.2 Å². The van der Waals surface area contributed by atoms with E-state index in [1.807, 2.05) is 0 Å². The molecule has 6 nitrogen and oxygen atoms in total. The first-order valence-electron chi connectivity index (χ1n) is 8.09. The average Bonchev–Trinajstić information content (AvgIpc) is 2.93. The second kappa shape index (κ2) is 9.33. The van der Waals surface area contributed by atoms with Crippen LogP contribution in [-0.4, -0.2) is 60.1 Å². The first-order valence-corrected chi connectivity index (χ1v) is 8.09. The second-order valence-electron chi connectivity index (χ2n) is 6.12. The lowest BCUT2D eigenvalue weighted by molar-refractivity contribution is -0.137. The van der Waals surface area contributed by atoms with Crippen LogP contribution in [0.25, 0.3) is 0 Å². The molecule has 3 atom stereocenters.